The van der Waals surface area contributed by atoms with Gasteiger partial charge in [-0.2, -0.15) is 0 Å². The topological polar surface area (TPSA) is 26.0 Å². The van der Waals surface area contributed by atoms with Crippen molar-refractivity contribution in [1.29, 1.82) is 0 Å². The van der Waals surface area contributed by atoms with Crippen LogP contribution in [0.3, 0.4) is 0 Å². The van der Waals surface area contributed by atoms with Crippen LogP contribution in [0.15, 0.2) is 44.7 Å². The predicted molar refractivity (Wildman–Crippen MR) is 76.8 cm³/mol. The molecule has 0 spiro atoms. The molecule has 1 heterocycles. The van der Waals surface area contributed by atoms with Gasteiger partial charge in [0.15, 0.2) is 0 Å². The van der Waals surface area contributed by atoms with Gasteiger partial charge in [-0.1, -0.05) is 37.9 Å². The molecule has 0 aliphatic carbocycles. The van der Waals surface area contributed by atoms with E-state index in [1.54, 1.807) is 11.3 Å². The lowest BCUT2D eigenvalue weighted by molar-refractivity contribution is 0.726. The summed E-state index contributed by atoms with van der Waals surface area (Å²) in [6.07, 6.45) is 0.882. The molecule has 1 aromatic heterocycles. The lowest BCUT2D eigenvalue weighted by atomic mass is 10.0. The molecule has 0 radical (unpaired) electrons. The van der Waals surface area contributed by atoms with Crippen molar-refractivity contribution in [3.63, 3.8) is 0 Å². The Morgan fingerprint density at radius 3 is 2.75 bits per heavy atom. The average Bonchev–Trinajstić information content (AvgIpc) is 2.74. The van der Waals surface area contributed by atoms with Gasteiger partial charge in [0.2, 0.25) is 0 Å². The Labute approximate surface area is 116 Å². The van der Waals surface area contributed by atoms with E-state index in [0.29, 0.717) is 0 Å². The molecule has 4 heteroatoms. The SMILES string of the molecule is NC(Cc1cccs1)c1cc(Br)ccc1Br. The van der Waals surface area contributed by atoms with E-state index in [1.807, 2.05) is 12.1 Å². The van der Waals surface area contributed by atoms with Gasteiger partial charge in [0.1, 0.15) is 0 Å². The van der Waals surface area contributed by atoms with Crippen molar-refractivity contribution in [3.05, 3.63) is 55.1 Å². The number of rotatable bonds is 3. The highest BCUT2D eigenvalue weighted by Gasteiger charge is 2.11. The third-order valence-corrected chi connectivity index (χ3v) is 4.47. The van der Waals surface area contributed by atoms with Crippen molar-refractivity contribution in [2.75, 3.05) is 0 Å². The van der Waals surface area contributed by atoms with Crippen molar-refractivity contribution in [2.45, 2.75) is 12.5 Å². The van der Waals surface area contributed by atoms with E-state index in [2.05, 4.69) is 55.4 Å². The van der Waals surface area contributed by atoms with Gasteiger partial charge in [-0.15, -0.1) is 11.3 Å². The Kier molecular flexibility index (Phi) is 4.19. The van der Waals surface area contributed by atoms with Gasteiger partial charge in [-0.05, 0) is 35.2 Å². The molecule has 0 fully saturated rings. The maximum Gasteiger partial charge on any atom is 0.0355 e. The second-order valence-corrected chi connectivity index (χ2v) is 6.36. The van der Waals surface area contributed by atoms with Gasteiger partial charge in [-0.3, -0.25) is 0 Å². The minimum Gasteiger partial charge on any atom is -0.324 e. The average molecular weight is 361 g/mol. The minimum atomic E-state index is 0.0329. The molecular formula is C12H11Br2NS. The minimum absolute atomic E-state index is 0.0329. The van der Waals surface area contributed by atoms with Crippen LogP contribution in [0.4, 0.5) is 0 Å². The number of hydrogen-bond acceptors (Lipinski definition) is 2. The highest BCUT2D eigenvalue weighted by atomic mass is 79.9. The fourth-order valence-electron chi connectivity index (χ4n) is 1.55. The summed E-state index contributed by atoms with van der Waals surface area (Å²) in [7, 11) is 0. The summed E-state index contributed by atoms with van der Waals surface area (Å²) in [5.74, 6) is 0. The fourth-order valence-corrected chi connectivity index (χ4v) is 3.24. The van der Waals surface area contributed by atoms with Crippen LogP contribution in [0.2, 0.25) is 0 Å². The lowest BCUT2D eigenvalue weighted by Crippen LogP contribution is -2.13. The first-order chi connectivity index (χ1) is 7.66. The summed E-state index contributed by atoms with van der Waals surface area (Å²) >= 11 is 8.76. The summed E-state index contributed by atoms with van der Waals surface area (Å²) in [5.41, 5.74) is 7.35. The monoisotopic (exact) mass is 359 g/mol. The van der Waals surface area contributed by atoms with Crippen LogP contribution >= 0.6 is 43.2 Å². The molecule has 0 saturated carbocycles. The Hall–Kier alpha value is -0.160. The number of thiophene rings is 1. The molecule has 1 unspecified atom stereocenters. The molecule has 2 N–H and O–H groups in total. The second kappa shape index (κ2) is 5.45. The van der Waals surface area contributed by atoms with Crippen molar-refractivity contribution in [1.82, 2.24) is 0 Å². The van der Waals surface area contributed by atoms with E-state index in [4.69, 9.17) is 5.73 Å². The van der Waals surface area contributed by atoms with E-state index >= 15 is 0 Å². The molecule has 1 atom stereocenters. The van der Waals surface area contributed by atoms with Crippen LogP contribution in [-0.2, 0) is 6.42 Å². The molecule has 1 aromatic carbocycles. The maximum atomic E-state index is 6.21. The van der Waals surface area contributed by atoms with Gasteiger partial charge < -0.3 is 5.73 Å². The first-order valence-corrected chi connectivity index (χ1v) is 7.36. The van der Waals surface area contributed by atoms with Crippen molar-refractivity contribution >= 4 is 43.2 Å². The highest BCUT2D eigenvalue weighted by molar-refractivity contribution is 9.11. The van der Waals surface area contributed by atoms with E-state index in [-0.39, 0.29) is 6.04 Å². The fraction of sp³-hybridized carbons (Fsp3) is 0.167. The van der Waals surface area contributed by atoms with E-state index in [1.165, 1.54) is 4.88 Å². The Balaban J connectivity index is 2.20. The number of hydrogen-bond donors (Lipinski definition) is 1. The van der Waals surface area contributed by atoms with Crippen LogP contribution in [0.25, 0.3) is 0 Å². The maximum absolute atomic E-state index is 6.21. The number of benzene rings is 1. The summed E-state index contributed by atoms with van der Waals surface area (Å²) < 4.78 is 2.13. The normalized spacial score (nSPS) is 12.7. The molecule has 84 valence electrons. The first kappa shape index (κ1) is 12.3. The van der Waals surface area contributed by atoms with Crippen LogP contribution in [0.1, 0.15) is 16.5 Å². The van der Waals surface area contributed by atoms with E-state index in [0.717, 1.165) is 20.9 Å². The number of nitrogens with two attached hydrogens (primary N) is 1. The second-order valence-electron chi connectivity index (χ2n) is 3.56. The van der Waals surface area contributed by atoms with Gasteiger partial charge in [0.05, 0.1) is 0 Å². The van der Waals surface area contributed by atoms with Crippen molar-refractivity contribution < 1.29 is 0 Å². The highest BCUT2D eigenvalue weighted by Crippen LogP contribution is 2.28. The zero-order valence-corrected chi connectivity index (χ0v) is 12.5. The Bertz CT molecular complexity index is 468. The van der Waals surface area contributed by atoms with Crippen LogP contribution in [-0.4, -0.2) is 0 Å². The van der Waals surface area contributed by atoms with Crippen LogP contribution in [0.5, 0.6) is 0 Å². The molecule has 0 aliphatic rings. The van der Waals surface area contributed by atoms with Crippen LogP contribution < -0.4 is 5.73 Å². The predicted octanol–water partition coefficient (Wildman–Crippen LogP) is 4.52. The molecule has 1 nitrogen and oxygen atoms in total. The zero-order valence-electron chi connectivity index (χ0n) is 8.49. The lowest BCUT2D eigenvalue weighted by Gasteiger charge is -2.13. The molecule has 0 bridgehead atoms. The molecule has 2 rings (SSSR count). The van der Waals surface area contributed by atoms with E-state index in [9.17, 15) is 0 Å². The Morgan fingerprint density at radius 1 is 1.25 bits per heavy atom. The summed E-state index contributed by atoms with van der Waals surface area (Å²) in [5, 5.41) is 2.08. The quantitative estimate of drug-likeness (QED) is 0.855. The summed E-state index contributed by atoms with van der Waals surface area (Å²) in [6, 6.07) is 10.3. The van der Waals surface area contributed by atoms with Gasteiger partial charge >= 0.3 is 0 Å². The molecule has 16 heavy (non-hydrogen) atoms. The van der Waals surface area contributed by atoms with Gasteiger partial charge in [-0.25, -0.2) is 0 Å². The number of halogens is 2. The van der Waals surface area contributed by atoms with E-state index < -0.39 is 0 Å². The molecule has 0 aliphatic heterocycles. The molecule has 2 aromatic rings. The third kappa shape index (κ3) is 2.94. The molecular weight excluding hydrogens is 350 g/mol. The smallest absolute Gasteiger partial charge is 0.0355 e. The van der Waals surface area contributed by atoms with Crippen molar-refractivity contribution in [2.24, 2.45) is 5.73 Å². The summed E-state index contributed by atoms with van der Waals surface area (Å²) in [6.45, 7) is 0. The van der Waals surface area contributed by atoms with Gasteiger partial charge in [0, 0.05) is 26.3 Å². The molecule has 0 saturated heterocycles. The third-order valence-electron chi connectivity index (χ3n) is 2.36. The van der Waals surface area contributed by atoms with Crippen molar-refractivity contribution in [3.8, 4) is 0 Å². The van der Waals surface area contributed by atoms with Gasteiger partial charge in [0.25, 0.3) is 0 Å². The summed E-state index contributed by atoms with van der Waals surface area (Å²) in [4.78, 5) is 1.32. The zero-order chi connectivity index (χ0) is 11.5. The van der Waals surface area contributed by atoms with Crippen LogP contribution in [0, 0.1) is 0 Å². The Morgan fingerprint density at radius 2 is 2.06 bits per heavy atom. The standard InChI is InChI=1S/C12H11Br2NS/c13-8-3-4-11(14)10(6-8)12(15)7-9-2-1-5-16-9/h1-6,12H,7,15H2. The largest absolute Gasteiger partial charge is 0.324 e. The first-order valence-electron chi connectivity index (χ1n) is 4.89. The molecule has 0 amide bonds.